The van der Waals surface area contributed by atoms with Crippen LogP contribution in [0.15, 0.2) is 11.0 Å². The maximum atomic E-state index is 13.8. The molecule has 1 aromatic rings. The van der Waals surface area contributed by atoms with Crippen LogP contribution in [0.3, 0.4) is 0 Å². The lowest BCUT2D eigenvalue weighted by Crippen LogP contribution is -2.60. The first-order valence-electron chi connectivity index (χ1n) is 10.1. The molecule has 1 unspecified atom stereocenters. The van der Waals surface area contributed by atoms with Crippen LogP contribution < -0.4 is 15.9 Å². The van der Waals surface area contributed by atoms with Crippen LogP contribution in [0.2, 0.25) is 0 Å². The molecule has 0 amide bonds. The van der Waals surface area contributed by atoms with Crippen LogP contribution in [0.25, 0.3) is 0 Å². The highest BCUT2D eigenvalue weighted by Crippen LogP contribution is 2.49. The molecule has 33 heavy (non-hydrogen) atoms. The fraction of sp³-hybridized carbons (Fsp3) is 0.778. The molecule has 0 radical (unpaired) electrons. The van der Waals surface area contributed by atoms with Crippen molar-refractivity contribution >= 4 is 30.5 Å². The van der Waals surface area contributed by atoms with Crippen LogP contribution in [0, 0.1) is 0 Å². The summed E-state index contributed by atoms with van der Waals surface area (Å²) in [5.74, 6) is 0.276. The summed E-state index contributed by atoms with van der Waals surface area (Å²) in [6.45, 7) is 9.10. The molecule has 188 valence electrons. The van der Waals surface area contributed by atoms with Crippen molar-refractivity contribution in [3.8, 4) is 0 Å². The summed E-state index contributed by atoms with van der Waals surface area (Å²) < 4.78 is 84.4. The number of anilines is 1. The van der Waals surface area contributed by atoms with Crippen LogP contribution in [0.4, 0.5) is 19.0 Å². The normalized spacial score (nSPS) is 29.0. The SMILES string of the molecule is CC(C)(C)OC[C@H]1OC(n2cc3c(nc2=O)N[SiH2]3)[C@](O)(S(=O)(=O)C(F)(F)F)[C@@H]1OC(C)(C)C. The third kappa shape index (κ3) is 4.70. The Hall–Kier alpha value is -1.52. The van der Waals surface area contributed by atoms with E-state index in [1.807, 2.05) is 0 Å². The van der Waals surface area contributed by atoms with E-state index >= 15 is 0 Å². The minimum absolute atomic E-state index is 0.276. The fourth-order valence-corrected chi connectivity index (χ4v) is 5.81. The first-order chi connectivity index (χ1) is 14.8. The van der Waals surface area contributed by atoms with E-state index < -0.39 is 71.9 Å². The number of halogens is 3. The Morgan fingerprint density at radius 1 is 1.24 bits per heavy atom. The zero-order valence-corrected chi connectivity index (χ0v) is 21.3. The molecule has 2 aliphatic heterocycles. The van der Waals surface area contributed by atoms with Crippen molar-refractivity contribution in [1.82, 2.24) is 9.55 Å². The van der Waals surface area contributed by atoms with Gasteiger partial charge in [-0.15, -0.1) is 0 Å². The van der Waals surface area contributed by atoms with Gasteiger partial charge in [0.1, 0.15) is 18.0 Å². The van der Waals surface area contributed by atoms with Gasteiger partial charge in [0, 0.05) is 11.4 Å². The Morgan fingerprint density at radius 2 is 1.85 bits per heavy atom. The number of rotatable bonds is 5. The molecule has 2 N–H and O–H groups in total. The van der Waals surface area contributed by atoms with Gasteiger partial charge in [0.2, 0.25) is 4.93 Å². The molecule has 2 aliphatic rings. The standard InChI is InChI=1S/C18H28F3N3O7SSi/c1-15(2,3)29-8-9-11(31-16(4,5)6)17(26,32(27,28)18(19,20)21)13(30-9)24-7-10-12(23-33-10)22-14(24)25/h7,9,11,13,26H,8,33H2,1-6H3,(H,22,23,25)/t9-,11-,13?,17-/m1/s1. The number of nitrogens with zero attached hydrogens (tertiary/aromatic N) is 2. The summed E-state index contributed by atoms with van der Waals surface area (Å²) in [6, 6.07) is 0. The molecule has 0 aromatic carbocycles. The Bertz CT molecular complexity index is 1080. The molecule has 3 rings (SSSR count). The van der Waals surface area contributed by atoms with Crippen LogP contribution in [0.5, 0.6) is 0 Å². The summed E-state index contributed by atoms with van der Waals surface area (Å²) in [4.78, 5) is 15.5. The zero-order valence-electron chi connectivity index (χ0n) is 19.1. The minimum atomic E-state index is -6.34. The highest BCUT2D eigenvalue weighted by molar-refractivity contribution is 7.93. The van der Waals surface area contributed by atoms with E-state index in [0.29, 0.717) is 9.75 Å². The van der Waals surface area contributed by atoms with Crippen LogP contribution in [0.1, 0.15) is 47.8 Å². The molecular formula is C18H28F3N3O7SSi. The lowest BCUT2D eigenvalue weighted by atomic mass is 10.1. The molecule has 0 aliphatic carbocycles. The fourth-order valence-electron chi connectivity index (χ4n) is 3.51. The maximum absolute atomic E-state index is 13.8. The highest BCUT2D eigenvalue weighted by atomic mass is 32.2. The van der Waals surface area contributed by atoms with Gasteiger partial charge in [0.05, 0.1) is 17.8 Å². The Morgan fingerprint density at radius 3 is 2.30 bits per heavy atom. The summed E-state index contributed by atoms with van der Waals surface area (Å²) in [6.07, 6.45) is -4.59. The summed E-state index contributed by atoms with van der Waals surface area (Å²) >= 11 is 0. The van der Waals surface area contributed by atoms with Crippen molar-refractivity contribution in [1.29, 1.82) is 0 Å². The monoisotopic (exact) mass is 515 g/mol. The lowest BCUT2D eigenvalue weighted by Gasteiger charge is -2.37. The summed E-state index contributed by atoms with van der Waals surface area (Å²) in [5, 5.41) is 12.0. The second-order valence-corrected chi connectivity index (χ2v) is 13.6. The van der Waals surface area contributed by atoms with E-state index in [2.05, 4.69) is 9.97 Å². The smallest absolute Gasteiger partial charge is 0.396 e. The van der Waals surface area contributed by atoms with Crippen LogP contribution in [-0.2, 0) is 24.0 Å². The average molecular weight is 516 g/mol. The quantitative estimate of drug-likeness (QED) is 0.517. The van der Waals surface area contributed by atoms with Gasteiger partial charge >= 0.3 is 11.2 Å². The van der Waals surface area contributed by atoms with Gasteiger partial charge in [-0.05, 0) is 41.5 Å². The van der Waals surface area contributed by atoms with Crippen molar-refractivity contribution in [2.24, 2.45) is 0 Å². The molecule has 1 fully saturated rings. The maximum Gasteiger partial charge on any atom is 0.500 e. The molecule has 4 atom stereocenters. The van der Waals surface area contributed by atoms with Crippen molar-refractivity contribution < 1.29 is 40.9 Å². The third-order valence-electron chi connectivity index (χ3n) is 5.03. The number of aromatic nitrogens is 2. The first kappa shape index (κ1) is 26.1. The second kappa shape index (κ2) is 8.02. The first-order valence-corrected chi connectivity index (χ1v) is 13.0. The molecule has 0 spiro atoms. The number of alkyl halides is 3. The highest BCUT2D eigenvalue weighted by Gasteiger charge is 2.73. The number of hydrogen-bond donors (Lipinski definition) is 2. The number of aliphatic hydroxyl groups is 1. The lowest BCUT2D eigenvalue weighted by molar-refractivity contribution is -0.146. The van der Waals surface area contributed by atoms with E-state index in [4.69, 9.17) is 14.2 Å². The van der Waals surface area contributed by atoms with Crippen LogP contribution in [-0.4, -0.2) is 73.2 Å². The van der Waals surface area contributed by atoms with Gasteiger partial charge in [-0.3, -0.25) is 4.57 Å². The topological polar surface area (TPSA) is 129 Å². The summed E-state index contributed by atoms with van der Waals surface area (Å²) in [5.41, 5.74) is -8.89. The Labute approximate surface area is 191 Å². The number of ether oxygens (including phenoxy) is 3. The number of sulfone groups is 1. The zero-order chi connectivity index (χ0) is 25.2. The molecule has 10 nitrogen and oxygen atoms in total. The number of hydrogen-bond acceptors (Lipinski definition) is 9. The average Bonchev–Trinajstić information content (AvgIpc) is 2.87. The molecule has 3 heterocycles. The van der Waals surface area contributed by atoms with Gasteiger partial charge in [-0.1, -0.05) is 0 Å². The van der Waals surface area contributed by atoms with E-state index in [-0.39, 0.29) is 5.82 Å². The Kier molecular flexibility index (Phi) is 6.34. The predicted molar refractivity (Wildman–Crippen MR) is 114 cm³/mol. The molecule has 0 saturated carbocycles. The van der Waals surface area contributed by atoms with Gasteiger partial charge in [0.25, 0.3) is 9.84 Å². The van der Waals surface area contributed by atoms with Crippen molar-refractivity contribution in [2.75, 3.05) is 11.6 Å². The van der Waals surface area contributed by atoms with Crippen LogP contribution >= 0.6 is 0 Å². The van der Waals surface area contributed by atoms with Gasteiger partial charge < -0.3 is 24.3 Å². The van der Waals surface area contributed by atoms with Gasteiger partial charge in [0.15, 0.2) is 15.9 Å². The molecule has 0 bridgehead atoms. The van der Waals surface area contributed by atoms with E-state index in [1.165, 1.54) is 27.0 Å². The largest absolute Gasteiger partial charge is 0.500 e. The number of nitrogens with one attached hydrogen (secondary N) is 1. The van der Waals surface area contributed by atoms with E-state index in [9.17, 15) is 31.5 Å². The number of fused-ring (bicyclic) bond motifs is 1. The van der Waals surface area contributed by atoms with E-state index in [0.717, 1.165) is 0 Å². The molecule has 1 saturated heterocycles. The minimum Gasteiger partial charge on any atom is -0.396 e. The molecule has 1 aromatic heterocycles. The van der Waals surface area contributed by atoms with Gasteiger partial charge in [-0.2, -0.15) is 18.2 Å². The predicted octanol–water partition coefficient (Wildman–Crippen LogP) is -0.103. The van der Waals surface area contributed by atoms with Crippen molar-refractivity contribution in [2.45, 2.75) is 81.6 Å². The third-order valence-corrected chi connectivity index (χ3v) is 8.34. The molecular weight excluding hydrogens is 487 g/mol. The second-order valence-electron chi connectivity index (χ2n) is 9.96. The van der Waals surface area contributed by atoms with Crippen molar-refractivity contribution in [3.05, 3.63) is 16.7 Å². The van der Waals surface area contributed by atoms with Crippen molar-refractivity contribution in [3.63, 3.8) is 0 Å². The van der Waals surface area contributed by atoms with Gasteiger partial charge in [-0.25, -0.2) is 13.2 Å². The molecule has 15 heteroatoms. The van der Waals surface area contributed by atoms with E-state index in [1.54, 1.807) is 20.8 Å². The Balaban J connectivity index is 2.21. The summed E-state index contributed by atoms with van der Waals surface area (Å²) in [7, 11) is -7.37.